The predicted molar refractivity (Wildman–Crippen MR) is 43.3 cm³/mol. The van der Waals surface area contributed by atoms with E-state index in [1.54, 1.807) is 0 Å². The highest BCUT2D eigenvalue weighted by Crippen LogP contribution is 2.32. The van der Waals surface area contributed by atoms with E-state index in [9.17, 15) is 4.79 Å². The molecule has 0 spiro atoms. The van der Waals surface area contributed by atoms with Gasteiger partial charge in [0.1, 0.15) is 15.8 Å². The van der Waals surface area contributed by atoms with E-state index in [-0.39, 0.29) is 11.2 Å². The van der Waals surface area contributed by atoms with Crippen LogP contribution in [-0.2, 0) is 4.74 Å². The summed E-state index contributed by atoms with van der Waals surface area (Å²) in [7, 11) is 0.526. The van der Waals surface area contributed by atoms with E-state index in [4.69, 9.17) is 4.74 Å². The smallest absolute Gasteiger partial charge is 0.260 e. The van der Waals surface area contributed by atoms with E-state index in [0.29, 0.717) is 10.2 Å². The van der Waals surface area contributed by atoms with Crippen molar-refractivity contribution in [2.24, 2.45) is 0 Å². The largest absolute Gasteiger partial charge is 0.464 e. The quantitative estimate of drug-likeness (QED) is 0.528. The van der Waals surface area contributed by atoms with Gasteiger partial charge in [-0.05, 0) is 32.6 Å². The van der Waals surface area contributed by atoms with E-state index in [1.165, 1.54) is 12.8 Å². The molecule has 3 heteroatoms. The molecule has 0 radical (unpaired) electrons. The Kier molecular flexibility index (Phi) is 2.13. The first-order chi connectivity index (χ1) is 4.62. The second kappa shape index (κ2) is 2.74. The zero-order chi connectivity index (χ0) is 7.61. The Bertz CT molecular complexity index is 139. The minimum atomic E-state index is -0.0984. The Morgan fingerprint density at radius 3 is 2.40 bits per heavy atom. The van der Waals surface area contributed by atoms with Crippen LogP contribution in [0.25, 0.3) is 0 Å². The molecule has 0 aliphatic heterocycles. The summed E-state index contributed by atoms with van der Waals surface area (Å²) >= 11 is 0. The van der Waals surface area contributed by atoms with Crippen LogP contribution in [0.1, 0.15) is 32.6 Å². The summed E-state index contributed by atoms with van der Waals surface area (Å²) in [6.07, 6.45) is 4.54. The molecule has 0 amide bonds. The number of hydrogen-bond acceptors (Lipinski definition) is 2. The highest BCUT2D eigenvalue weighted by atomic mass is 28.1. The number of carbonyl (C=O) groups is 1. The molecule has 2 nitrogen and oxygen atoms in total. The van der Waals surface area contributed by atoms with Crippen LogP contribution in [0.2, 0.25) is 0 Å². The second-order valence-corrected chi connectivity index (χ2v) is 4.07. The molecule has 0 unspecified atom stereocenters. The summed E-state index contributed by atoms with van der Waals surface area (Å²) in [5.41, 5.74) is -0.108. The molecule has 0 bridgehead atoms. The summed E-state index contributed by atoms with van der Waals surface area (Å²) in [4.78, 5) is 10.6. The Hall–Kier alpha value is -0.313. The van der Waals surface area contributed by atoms with Crippen molar-refractivity contribution in [1.29, 1.82) is 0 Å². The van der Waals surface area contributed by atoms with Crippen molar-refractivity contribution in [2.75, 3.05) is 0 Å². The van der Waals surface area contributed by atoms with Crippen LogP contribution in [0.4, 0.5) is 4.79 Å². The third-order valence-corrected chi connectivity index (χ3v) is 2.26. The van der Waals surface area contributed by atoms with Gasteiger partial charge >= 0.3 is 0 Å². The zero-order valence-corrected chi connectivity index (χ0v) is 8.64. The van der Waals surface area contributed by atoms with Crippen LogP contribution in [0.15, 0.2) is 0 Å². The maximum absolute atomic E-state index is 10.6. The third kappa shape index (κ3) is 1.83. The van der Waals surface area contributed by atoms with Crippen LogP contribution in [0, 0.1) is 0 Å². The minimum absolute atomic E-state index is 0.00981. The molecule has 0 atom stereocenters. The van der Waals surface area contributed by atoms with Crippen molar-refractivity contribution in [3.8, 4) is 0 Å². The van der Waals surface area contributed by atoms with Gasteiger partial charge in [0.15, 0.2) is 0 Å². The van der Waals surface area contributed by atoms with Crippen LogP contribution in [0.5, 0.6) is 0 Å². The molecule has 1 saturated carbocycles. The van der Waals surface area contributed by atoms with Crippen molar-refractivity contribution in [2.45, 2.75) is 38.2 Å². The van der Waals surface area contributed by atoms with E-state index >= 15 is 0 Å². The lowest BCUT2D eigenvalue weighted by Crippen LogP contribution is -2.27. The lowest BCUT2D eigenvalue weighted by molar-refractivity contribution is 0.0479. The molecule has 0 saturated heterocycles. The van der Waals surface area contributed by atoms with Crippen LogP contribution in [0.3, 0.4) is 0 Å². The fourth-order valence-electron chi connectivity index (χ4n) is 1.57. The van der Waals surface area contributed by atoms with Crippen LogP contribution >= 0.6 is 0 Å². The van der Waals surface area contributed by atoms with Crippen molar-refractivity contribution < 1.29 is 9.53 Å². The van der Waals surface area contributed by atoms with E-state index in [2.05, 4.69) is 0 Å². The number of ether oxygens (including phenoxy) is 1. The van der Waals surface area contributed by atoms with Crippen molar-refractivity contribution >= 4 is 15.8 Å². The first kappa shape index (κ1) is 7.79. The van der Waals surface area contributed by atoms with Gasteiger partial charge in [0.25, 0.3) is 5.59 Å². The maximum atomic E-state index is 10.6. The third-order valence-electron chi connectivity index (χ3n) is 2.05. The zero-order valence-electron chi connectivity index (χ0n) is 6.64. The molecule has 0 aromatic heterocycles. The summed E-state index contributed by atoms with van der Waals surface area (Å²) in [6, 6.07) is 0. The number of rotatable bonds is 1. The van der Waals surface area contributed by atoms with Gasteiger partial charge in [-0.1, -0.05) is 0 Å². The van der Waals surface area contributed by atoms with Gasteiger partial charge in [-0.25, -0.2) is 0 Å². The molecule has 0 aromatic carbocycles. The molecule has 1 rings (SSSR count). The summed E-state index contributed by atoms with van der Waals surface area (Å²) < 4.78 is 5.22. The van der Waals surface area contributed by atoms with Gasteiger partial charge in [0.05, 0.1) is 0 Å². The first-order valence-corrected chi connectivity index (χ1v) is 4.82. The standard InChI is InChI=1S/C7H14O2Si/c1-7(9-6(8)10)4-2-3-5-7/h2-5H2,1,10H3. The minimum Gasteiger partial charge on any atom is -0.464 e. The molecule has 1 aliphatic rings. The molecule has 58 valence electrons. The lowest BCUT2D eigenvalue weighted by Gasteiger charge is -2.22. The van der Waals surface area contributed by atoms with E-state index in [1.807, 2.05) is 6.92 Å². The molecule has 0 heterocycles. The van der Waals surface area contributed by atoms with Gasteiger partial charge in [0, 0.05) is 0 Å². The summed E-state index contributed by atoms with van der Waals surface area (Å²) in [5, 5.41) is 0. The van der Waals surface area contributed by atoms with Gasteiger partial charge in [-0.3, -0.25) is 4.79 Å². The van der Waals surface area contributed by atoms with E-state index < -0.39 is 0 Å². The highest BCUT2D eigenvalue weighted by molar-refractivity contribution is 6.55. The van der Waals surface area contributed by atoms with Gasteiger partial charge in [-0.15, -0.1) is 0 Å². The normalized spacial score (nSPS) is 22.9. The highest BCUT2D eigenvalue weighted by Gasteiger charge is 2.31. The van der Waals surface area contributed by atoms with Crippen LogP contribution in [-0.4, -0.2) is 21.4 Å². The Morgan fingerprint density at radius 2 is 2.00 bits per heavy atom. The second-order valence-electron chi connectivity index (χ2n) is 3.25. The molecular formula is C7H14O2Si. The van der Waals surface area contributed by atoms with Crippen molar-refractivity contribution in [3.05, 3.63) is 0 Å². The number of hydrogen-bond donors (Lipinski definition) is 0. The average Bonchev–Trinajstić information content (AvgIpc) is 2.12. The molecular weight excluding hydrogens is 144 g/mol. The molecule has 1 fully saturated rings. The lowest BCUT2D eigenvalue weighted by atomic mass is 10.1. The van der Waals surface area contributed by atoms with Crippen molar-refractivity contribution in [3.63, 3.8) is 0 Å². The SMILES string of the molecule is CC1(OC(=O)[SiH3])CCCC1. The van der Waals surface area contributed by atoms with E-state index in [0.717, 1.165) is 12.8 Å². The van der Waals surface area contributed by atoms with Crippen molar-refractivity contribution in [1.82, 2.24) is 0 Å². The fourth-order valence-corrected chi connectivity index (χ4v) is 2.06. The summed E-state index contributed by atoms with van der Waals surface area (Å²) in [5.74, 6) is 0. The van der Waals surface area contributed by atoms with Crippen LogP contribution < -0.4 is 0 Å². The maximum Gasteiger partial charge on any atom is 0.260 e. The average molecular weight is 158 g/mol. The summed E-state index contributed by atoms with van der Waals surface area (Å²) in [6.45, 7) is 2.04. The topological polar surface area (TPSA) is 26.3 Å². The fraction of sp³-hybridized carbons (Fsp3) is 0.857. The first-order valence-electron chi connectivity index (χ1n) is 3.82. The molecule has 1 aliphatic carbocycles. The Morgan fingerprint density at radius 1 is 1.50 bits per heavy atom. The molecule has 10 heavy (non-hydrogen) atoms. The monoisotopic (exact) mass is 158 g/mol. The predicted octanol–water partition coefficient (Wildman–Crippen LogP) is 0.821. The Balaban J connectivity index is 2.43. The molecule has 0 N–H and O–H groups in total. The van der Waals surface area contributed by atoms with Gasteiger partial charge < -0.3 is 4.74 Å². The van der Waals surface area contributed by atoms with Gasteiger partial charge in [0.2, 0.25) is 0 Å². The van der Waals surface area contributed by atoms with Gasteiger partial charge in [-0.2, -0.15) is 0 Å². The molecule has 0 aromatic rings. The number of carbonyl (C=O) groups excluding carboxylic acids is 1. The Labute approximate surface area is 64.4 Å².